The second-order valence-corrected chi connectivity index (χ2v) is 5.36. The lowest BCUT2D eigenvalue weighted by atomic mass is 9.96. The number of ether oxygens (including phenoxy) is 3. The molecule has 1 atom stereocenters. The van der Waals surface area contributed by atoms with Gasteiger partial charge in [-0.05, 0) is 39.8 Å². The molecule has 1 N–H and O–H groups in total. The van der Waals surface area contributed by atoms with E-state index >= 15 is 0 Å². The molecule has 0 aliphatic rings. The summed E-state index contributed by atoms with van der Waals surface area (Å²) in [6.45, 7) is 6.16. The molecule has 6 nitrogen and oxygen atoms in total. The van der Waals surface area contributed by atoms with Crippen molar-refractivity contribution in [1.82, 2.24) is 10.2 Å². The normalized spacial score (nSPS) is 14.2. The number of rotatable bonds is 13. The molecule has 0 aromatic rings. The number of methoxy groups -OCH3 is 3. The van der Waals surface area contributed by atoms with Crippen molar-refractivity contribution in [2.24, 2.45) is 0 Å². The molecule has 0 radical (unpaired) electrons. The molecule has 0 aromatic heterocycles. The van der Waals surface area contributed by atoms with E-state index in [2.05, 4.69) is 10.2 Å². The van der Waals surface area contributed by atoms with Crippen LogP contribution in [0.3, 0.4) is 0 Å². The van der Waals surface area contributed by atoms with Crippen molar-refractivity contribution in [3.63, 3.8) is 0 Å². The summed E-state index contributed by atoms with van der Waals surface area (Å²) in [7, 11) is 6.64. The molecule has 0 amide bonds. The average Bonchev–Trinajstić information content (AvgIpc) is 2.51. The summed E-state index contributed by atoms with van der Waals surface area (Å²) in [4.78, 5) is 14.1. The maximum atomic E-state index is 11.8. The Bertz CT molecular complexity index is 276. The van der Waals surface area contributed by atoms with Crippen molar-refractivity contribution in [1.29, 1.82) is 0 Å². The van der Waals surface area contributed by atoms with E-state index in [1.165, 1.54) is 7.11 Å². The van der Waals surface area contributed by atoms with E-state index in [9.17, 15) is 4.79 Å². The third-order valence-electron chi connectivity index (χ3n) is 3.77. The molecule has 0 heterocycles. The molecule has 0 aliphatic carbocycles. The fourth-order valence-corrected chi connectivity index (χ4v) is 2.20. The second kappa shape index (κ2) is 11.9. The first kappa shape index (κ1) is 20.3. The van der Waals surface area contributed by atoms with Gasteiger partial charge < -0.3 is 24.4 Å². The van der Waals surface area contributed by atoms with Crippen molar-refractivity contribution < 1.29 is 19.0 Å². The lowest BCUT2D eigenvalue weighted by molar-refractivity contribution is -0.148. The van der Waals surface area contributed by atoms with Crippen LogP contribution in [0.5, 0.6) is 0 Å². The lowest BCUT2D eigenvalue weighted by Crippen LogP contribution is -2.48. The standard InChI is InChI=1S/C15H32N2O4/c1-15(16-2,14(18)21-5)8-6-9-17(11-13-20-4)10-7-12-19-3/h16H,6-13H2,1-5H3. The number of carbonyl (C=O) groups is 1. The maximum Gasteiger partial charge on any atom is 0.325 e. The number of likely N-dealkylation sites (N-methyl/N-ethyl adjacent to an activating group) is 1. The SMILES string of the molecule is CNC(C)(CCCN(CCCOC)CCOC)C(=O)OC. The van der Waals surface area contributed by atoms with Gasteiger partial charge in [0.2, 0.25) is 0 Å². The predicted octanol–water partition coefficient (Wildman–Crippen LogP) is 0.903. The zero-order chi connectivity index (χ0) is 16.1. The summed E-state index contributed by atoms with van der Waals surface area (Å²) in [5, 5.41) is 3.06. The van der Waals surface area contributed by atoms with E-state index in [1.807, 2.05) is 6.92 Å². The molecule has 126 valence electrons. The highest BCUT2D eigenvalue weighted by molar-refractivity contribution is 5.80. The first-order valence-electron chi connectivity index (χ1n) is 7.51. The van der Waals surface area contributed by atoms with Crippen LogP contribution in [-0.4, -0.2) is 77.6 Å². The summed E-state index contributed by atoms with van der Waals surface area (Å²) < 4.78 is 15.1. The van der Waals surface area contributed by atoms with Gasteiger partial charge in [0.25, 0.3) is 0 Å². The van der Waals surface area contributed by atoms with Crippen LogP contribution in [-0.2, 0) is 19.0 Å². The van der Waals surface area contributed by atoms with Gasteiger partial charge >= 0.3 is 5.97 Å². The zero-order valence-electron chi connectivity index (χ0n) is 14.2. The van der Waals surface area contributed by atoms with Crippen LogP contribution in [0.15, 0.2) is 0 Å². The van der Waals surface area contributed by atoms with Crippen molar-refractivity contribution in [3.05, 3.63) is 0 Å². The number of hydrogen-bond acceptors (Lipinski definition) is 6. The zero-order valence-corrected chi connectivity index (χ0v) is 14.2. The maximum absolute atomic E-state index is 11.8. The number of carbonyl (C=O) groups excluding carboxylic acids is 1. The van der Waals surface area contributed by atoms with Crippen LogP contribution in [0.4, 0.5) is 0 Å². The smallest absolute Gasteiger partial charge is 0.325 e. The molecule has 21 heavy (non-hydrogen) atoms. The van der Waals surface area contributed by atoms with E-state index in [0.29, 0.717) is 6.61 Å². The number of nitrogens with one attached hydrogen (secondary N) is 1. The Labute approximate surface area is 129 Å². The molecule has 0 rings (SSSR count). The van der Waals surface area contributed by atoms with Gasteiger partial charge in [0.15, 0.2) is 0 Å². The van der Waals surface area contributed by atoms with Gasteiger partial charge in [-0.1, -0.05) is 0 Å². The quantitative estimate of drug-likeness (QED) is 0.403. The fourth-order valence-electron chi connectivity index (χ4n) is 2.20. The number of hydrogen-bond donors (Lipinski definition) is 1. The van der Waals surface area contributed by atoms with Crippen molar-refractivity contribution in [2.75, 3.05) is 61.2 Å². The first-order chi connectivity index (χ1) is 10.0. The predicted molar refractivity (Wildman–Crippen MR) is 83.5 cm³/mol. The van der Waals surface area contributed by atoms with Crippen LogP contribution < -0.4 is 5.32 Å². The average molecular weight is 304 g/mol. The molecule has 0 aliphatic heterocycles. The third kappa shape index (κ3) is 8.36. The summed E-state index contributed by atoms with van der Waals surface area (Å²) >= 11 is 0. The van der Waals surface area contributed by atoms with E-state index in [-0.39, 0.29) is 5.97 Å². The Balaban J connectivity index is 4.22. The largest absolute Gasteiger partial charge is 0.468 e. The van der Waals surface area contributed by atoms with Crippen molar-refractivity contribution in [3.8, 4) is 0 Å². The van der Waals surface area contributed by atoms with Crippen LogP contribution >= 0.6 is 0 Å². The molecule has 6 heteroatoms. The number of nitrogens with zero attached hydrogens (tertiary/aromatic N) is 1. The minimum absolute atomic E-state index is 0.215. The van der Waals surface area contributed by atoms with E-state index in [0.717, 1.165) is 45.5 Å². The lowest BCUT2D eigenvalue weighted by Gasteiger charge is -2.28. The molecule has 0 spiro atoms. The van der Waals surface area contributed by atoms with Gasteiger partial charge in [0.1, 0.15) is 5.54 Å². The molecule has 0 bridgehead atoms. The molecular formula is C15H32N2O4. The first-order valence-corrected chi connectivity index (χ1v) is 7.51. The van der Waals surface area contributed by atoms with E-state index in [1.54, 1.807) is 21.3 Å². The van der Waals surface area contributed by atoms with E-state index < -0.39 is 5.54 Å². The Hall–Kier alpha value is -0.690. The topological polar surface area (TPSA) is 60.0 Å². The van der Waals surface area contributed by atoms with Crippen molar-refractivity contribution in [2.45, 2.75) is 31.7 Å². The molecule has 0 saturated heterocycles. The highest BCUT2D eigenvalue weighted by atomic mass is 16.5. The van der Waals surface area contributed by atoms with Crippen LogP contribution in [0, 0.1) is 0 Å². The van der Waals surface area contributed by atoms with Gasteiger partial charge in [-0.3, -0.25) is 4.79 Å². The molecule has 0 aromatic carbocycles. The van der Waals surface area contributed by atoms with Crippen LogP contribution in [0.25, 0.3) is 0 Å². The van der Waals surface area contributed by atoms with E-state index in [4.69, 9.17) is 14.2 Å². The van der Waals surface area contributed by atoms with Crippen LogP contribution in [0.2, 0.25) is 0 Å². The Morgan fingerprint density at radius 2 is 1.67 bits per heavy atom. The highest BCUT2D eigenvalue weighted by Gasteiger charge is 2.31. The fraction of sp³-hybridized carbons (Fsp3) is 0.933. The summed E-state index contributed by atoms with van der Waals surface area (Å²) in [6.07, 6.45) is 2.66. The molecule has 0 saturated carbocycles. The van der Waals surface area contributed by atoms with Crippen molar-refractivity contribution >= 4 is 5.97 Å². The minimum Gasteiger partial charge on any atom is -0.468 e. The highest BCUT2D eigenvalue weighted by Crippen LogP contribution is 2.14. The minimum atomic E-state index is -0.617. The molecule has 1 unspecified atom stereocenters. The summed E-state index contributed by atoms with van der Waals surface area (Å²) in [5.74, 6) is -0.215. The molecular weight excluding hydrogens is 272 g/mol. The Kier molecular flexibility index (Phi) is 11.5. The summed E-state index contributed by atoms with van der Waals surface area (Å²) in [5.41, 5.74) is -0.617. The van der Waals surface area contributed by atoms with Gasteiger partial charge in [0.05, 0.1) is 13.7 Å². The third-order valence-corrected chi connectivity index (χ3v) is 3.77. The summed E-state index contributed by atoms with van der Waals surface area (Å²) in [6, 6.07) is 0. The van der Waals surface area contributed by atoms with Gasteiger partial charge in [-0.15, -0.1) is 0 Å². The Morgan fingerprint density at radius 1 is 1.05 bits per heavy atom. The van der Waals surface area contributed by atoms with Gasteiger partial charge in [-0.2, -0.15) is 0 Å². The second-order valence-electron chi connectivity index (χ2n) is 5.36. The molecule has 0 fully saturated rings. The van der Waals surface area contributed by atoms with Crippen LogP contribution in [0.1, 0.15) is 26.2 Å². The monoisotopic (exact) mass is 304 g/mol. The Morgan fingerprint density at radius 3 is 2.19 bits per heavy atom. The van der Waals surface area contributed by atoms with Gasteiger partial charge in [-0.25, -0.2) is 0 Å². The van der Waals surface area contributed by atoms with Gasteiger partial charge in [0, 0.05) is 33.9 Å². The number of esters is 1.